The van der Waals surface area contributed by atoms with Crippen LogP contribution in [0.3, 0.4) is 0 Å². The summed E-state index contributed by atoms with van der Waals surface area (Å²) in [7, 11) is -4.94. The number of aliphatic hydroxyl groups is 2. The van der Waals surface area contributed by atoms with Gasteiger partial charge in [-0.05, 0) is 6.07 Å². The van der Waals surface area contributed by atoms with E-state index >= 15 is 0 Å². The van der Waals surface area contributed by atoms with Crippen molar-refractivity contribution >= 4 is 5.91 Å². The molecule has 0 saturated heterocycles. The molecule has 0 aliphatic rings. The molecule has 1 atom stereocenters. The zero-order valence-electron chi connectivity index (χ0n) is 9.64. The van der Waals surface area contributed by atoms with Crippen LogP contribution in [-0.4, -0.2) is 28.8 Å². The minimum atomic E-state index is -4.94. The van der Waals surface area contributed by atoms with Gasteiger partial charge in [0.25, 0.3) is 5.91 Å². The summed E-state index contributed by atoms with van der Waals surface area (Å²) in [4.78, 5) is 10.8. The Kier molecular flexibility index (Phi) is 7.41. The third-order valence-corrected chi connectivity index (χ3v) is 1.78. The molecule has 0 aliphatic carbocycles. The van der Waals surface area contributed by atoms with E-state index in [1.807, 2.05) is 0 Å². The molecular formula is C9H13ClN2O7. The molecule has 1 rings (SSSR count). The predicted molar refractivity (Wildman–Crippen MR) is 48.2 cm³/mol. The quantitative estimate of drug-likeness (QED) is 0.462. The Morgan fingerprint density at radius 1 is 1.42 bits per heavy atom. The Labute approximate surface area is 110 Å². The number of rotatable bonds is 4. The van der Waals surface area contributed by atoms with E-state index in [9.17, 15) is 4.79 Å². The van der Waals surface area contributed by atoms with Crippen LogP contribution < -0.4 is 28.9 Å². The summed E-state index contributed by atoms with van der Waals surface area (Å²) in [6.07, 6.45) is 2.38. The van der Waals surface area contributed by atoms with E-state index in [1.165, 1.54) is 6.20 Å². The van der Waals surface area contributed by atoms with Gasteiger partial charge in [0.1, 0.15) is 11.7 Å². The molecule has 9 nitrogen and oxygen atoms in total. The standard InChI is InChI=1S/C9H12N2O3.ClHO4/c10-9(14)7-2-1-3-11(4-7)5-8(13)6-12;2-1(3,4)5/h1-4,8,12-13H,5-6H2,(H-,10,14);(H,2,3,4,5)/t8-;/m0./s1. The first kappa shape index (κ1) is 17.7. The molecule has 1 heterocycles. The van der Waals surface area contributed by atoms with Crippen molar-refractivity contribution in [2.24, 2.45) is 5.73 Å². The monoisotopic (exact) mass is 296 g/mol. The number of pyridine rings is 1. The van der Waals surface area contributed by atoms with Gasteiger partial charge in [-0.2, -0.15) is 0 Å². The summed E-state index contributed by atoms with van der Waals surface area (Å²) < 4.78 is 35.6. The molecule has 0 aromatic carbocycles. The minimum Gasteiger partial charge on any atom is -0.393 e. The Bertz CT molecular complexity index is 404. The van der Waals surface area contributed by atoms with Crippen molar-refractivity contribution in [3.05, 3.63) is 30.1 Å². The summed E-state index contributed by atoms with van der Waals surface area (Å²) in [5.41, 5.74) is 5.45. The summed E-state index contributed by atoms with van der Waals surface area (Å²) >= 11 is 0. The largest absolute Gasteiger partial charge is 0.393 e. The number of carbonyl (C=O) groups excluding carboxylic acids is 1. The van der Waals surface area contributed by atoms with Gasteiger partial charge in [0.2, 0.25) is 0 Å². The highest BCUT2D eigenvalue weighted by molar-refractivity contribution is 5.92. The molecule has 0 radical (unpaired) electrons. The number of nitrogens with zero attached hydrogens (tertiary/aromatic N) is 1. The lowest BCUT2D eigenvalue weighted by Crippen LogP contribution is -2.68. The second-order valence-corrected chi connectivity index (χ2v) is 4.12. The van der Waals surface area contributed by atoms with Gasteiger partial charge in [0.05, 0.1) is 6.61 Å². The highest BCUT2D eigenvalue weighted by Gasteiger charge is 2.11. The maximum Gasteiger partial charge on any atom is 0.254 e. The van der Waals surface area contributed by atoms with E-state index < -0.39 is 22.3 Å². The summed E-state index contributed by atoms with van der Waals surface area (Å²) in [6, 6.07) is 3.24. The van der Waals surface area contributed by atoms with Crippen LogP contribution in [0.15, 0.2) is 24.5 Å². The number of primary amides is 1. The molecule has 1 aromatic rings. The van der Waals surface area contributed by atoms with Crippen molar-refractivity contribution in [3.63, 3.8) is 0 Å². The Morgan fingerprint density at radius 2 is 1.95 bits per heavy atom. The first-order chi connectivity index (χ1) is 8.63. The normalized spacial score (nSPS) is 12.3. The number of amides is 1. The van der Waals surface area contributed by atoms with Gasteiger partial charge in [0, 0.05) is 6.07 Å². The van der Waals surface area contributed by atoms with Crippen LogP contribution in [0, 0.1) is 10.2 Å². The lowest BCUT2D eigenvalue weighted by Gasteiger charge is -2.17. The third-order valence-electron chi connectivity index (χ3n) is 1.78. The topological polar surface area (TPSA) is 180 Å². The second kappa shape index (κ2) is 7.96. The average Bonchev–Trinajstić information content (AvgIpc) is 2.27. The van der Waals surface area contributed by atoms with Crippen molar-refractivity contribution in [2.45, 2.75) is 12.6 Å². The molecule has 10 heteroatoms. The van der Waals surface area contributed by atoms with Gasteiger partial charge >= 0.3 is 0 Å². The van der Waals surface area contributed by atoms with Crippen molar-refractivity contribution in [1.29, 1.82) is 0 Å². The molecule has 0 unspecified atom stereocenters. The molecule has 0 spiro atoms. The van der Waals surface area contributed by atoms with E-state index in [2.05, 4.69) is 0 Å². The summed E-state index contributed by atoms with van der Waals surface area (Å²) in [6.45, 7) is -0.0780. The summed E-state index contributed by atoms with van der Waals surface area (Å²) in [5.74, 6) is -0.516. The lowest BCUT2D eigenvalue weighted by atomic mass is 10.2. The molecule has 0 bridgehead atoms. The van der Waals surface area contributed by atoms with Crippen LogP contribution in [0.5, 0.6) is 0 Å². The second-order valence-electron chi connectivity index (χ2n) is 3.37. The van der Waals surface area contributed by atoms with Crippen molar-refractivity contribution in [3.8, 4) is 0 Å². The zero-order chi connectivity index (χ0) is 15.1. The van der Waals surface area contributed by atoms with Crippen molar-refractivity contribution in [2.75, 3.05) is 6.61 Å². The number of nitrogens with two attached hydrogens (primary N) is 1. The Hall–Kier alpha value is -1.33. The molecule has 4 N–H and O–H groups in total. The van der Waals surface area contributed by atoms with Gasteiger partial charge < -0.3 is 15.9 Å². The van der Waals surface area contributed by atoms with Crippen LogP contribution in [0.4, 0.5) is 0 Å². The molecule has 0 fully saturated rings. The highest BCUT2D eigenvalue weighted by atomic mass is 35.7. The fourth-order valence-electron chi connectivity index (χ4n) is 1.08. The van der Waals surface area contributed by atoms with Gasteiger partial charge in [-0.1, -0.05) is 0 Å². The first-order valence-corrected chi connectivity index (χ1v) is 6.06. The van der Waals surface area contributed by atoms with Crippen LogP contribution in [-0.2, 0) is 6.54 Å². The Morgan fingerprint density at radius 3 is 2.37 bits per heavy atom. The lowest BCUT2D eigenvalue weighted by molar-refractivity contribution is -2.00. The predicted octanol–water partition coefficient (Wildman–Crippen LogP) is -6.33. The molecule has 0 saturated carbocycles. The van der Waals surface area contributed by atoms with E-state index in [0.29, 0.717) is 5.56 Å². The first-order valence-electron chi connectivity index (χ1n) is 4.83. The maximum absolute atomic E-state index is 10.8. The number of hydrogen-bond donors (Lipinski definition) is 3. The van der Waals surface area contributed by atoms with E-state index in [4.69, 9.17) is 34.6 Å². The SMILES string of the molecule is NC(=O)c1ccc[n+](C[C@H](O)CO)c1.[O-][Cl+3]([O-])([O-])[O-]. The van der Waals surface area contributed by atoms with Crippen LogP contribution in [0.2, 0.25) is 0 Å². The molecule has 1 aromatic heterocycles. The fraction of sp³-hybridized carbons (Fsp3) is 0.333. The van der Waals surface area contributed by atoms with Gasteiger partial charge in [0.15, 0.2) is 18.9 Å². The summed E-state index contributed by atoms with van der Waals surface area (Å²) in [5, 5.41) is 17.8. The number of hydrogen-bond acceptors (Lipinski definition) is 7. The third kappa shape index (κ3) is 10.3. The highest BCUT2D eigenvalue weighted by Crippen LogP contribution is 1.92. The molecule has 1 amide bonds. The number of carbonyl (C=O) groups is 1. The maximum atomic E-state index is 10.8. The molecule has 0 aliphatic heterocycles. The van der Waals surface area contributed by atoms with E-state index in [-0.39, 0.29) is 13.2 Å². The average molecular weight is 297 g/mol. The fourth-order valence-corrected chi connectivity index (χ4v) is 1.08. The molecule has 108 valence electrons. The van der Waals surface area contributed by atoms with Gasteiger partial charge in [-0.25, -0.2) is 23.2 Å². The van der Waals surface area contributed by atoms with Crippen LogP contribution in [0.25, 0.3) is 0 Å². The van der Waals surface area contributed by atoms with E-state index in [0.717, 1.165) is 0 Å². The smallest absolute Gasteiger partial charge is 0.254 e. The Balaban J connectivity index is 0.000000555. The number of aliphatic hydroxyl groups excluding tert-OH is 2. The van der Waals surface area contributed by atoms with Gasteiger partial charge in [-0.3, -0.25) is 4.79 Å². The molecule has 19 heavy (non-hydrogen) atoms. The van der Waals surface area contributed by atoms with Crippen LogP contribution in [0.1, 0.15) is 10.4 Å². The number of aromatic nitrogens is 1. The molecular weight excluding hydrogens is 284 g/mol. The van der Waals surface area contributed by atoms with Crippen LogP contribution >= 0.6 is 0 Å². The van der Waals surface area contributed by atoms with E-state index in [1.54, 1.807) is 22.9 Å². The number of halogens is 1. The minimum absolute atomic E-state index is 0.234. The van der Waals surface area contributed by atoms with Gasteiger partial charge in [-0.15, -0.1) is 10.2 Å². The van der Waals surface area contributed by atoms with Crippen molar-refractivity contribution < 1.29 is 48.5 Å². The zero-order valence-corrected chi connectivity index (χ0v) is 10.4. The van der Waals surface area contributed by atoms with Crippen molar-refractivity contribution in [1.82, 2.24) is 0 Å².